The second kappa shape index (κ2) is 8.28. The second-order valence-electron chi connectivity index (χ2n) is 7.75. The zero-order chi connectivity index (χ0) is 25.8. The summed E-state index contributed by atoms with van der Waals surface area (Å²) in [6.45, 7) is 0. The molecule has 5 aromatic heterocycles. The lowest BCUT2D eigenvalue weighted by molar-refractivity contribution is -0.138. The molecule has 0 bridgehead atoms. The van der Waals surface area contributed by atoms with E-state index in [9.17, 15) is 18.0 Å². The van der Waals surface area contributed by atoms with E-state index in [1.165, 1.54) is 28.5 Å². The molecule has 182 valence electrons. The third kappa shape index (κ3) is 3.87. The number of aryl methyl sites for hydroxylation is 2. The third-order valence-electron chi connectivity index (χ3n) is 5.39. The van der Waals surface area contributed by atoms with Crippen molar-refractivity contribution in [3.8, 4) is 17.6 Å². The Morgan fingerprint density at radius 3 is 2.67 bits per heavy atom. The Hall–Kier alpha value is -4.57. The van der Waals surface area contributed by atoms with Crippen molar-refractivity contribution >= 4 is 39.9 Å². The van der Waals surface area contributed by atoms with Crippen LogP contribution in [0.1, 0.15) is 11.1 Å². The molecule has 0 fully saturated rings. The third-order valence-corrected chi connectivity index (χ3v) is 5.76. The molecule has 0 aromatic carbocycles. The molecule has 0 spiro atoms. The van der Waals surface area contributed by atoms with Gasteiger partial charge in [-0.15, -0.1) is 0 Å². The minimum absolute atomic E-state index is 0.0491. The van der Waals surface area contributed by atoms with E-state index >= 15 is 0 Å². The van der Waals surface area contributed by atoms with Crippen LogP contribution >= 0.6 is 11.6 Å². The number of nitrogens with zero attached hydrogens (tertiary/aromatic N) is 7. The Bertz CT molecular complexity index is 1760. The van der Waals surface area contributed by atoms with Gasteiger partial charge < -0.3 is 19.2 Å². The number of anilines is 2. The monoisotopic (exact) mass is 514 g/mol. The molecule has 0 atom stereocenters. The number of halogens is 4. The Balaban J connectivity index is 1.53. The number of alkyl halides is 3. The summed E-state index contributed by atoms with van der Waals surface area (Å²) in [6, 6.07) is 6.03. The molecule has 0 aliphatic rings. The second-order valence-corrected chi connectivity index (χ2v) is 8.13. The minimum atomic E-state index is -4.64. The maximum atomic E-state index is 13.2. The molecule has 10 nitrogen and oxygen atoms in total. The van der Waals surface area contributed by atoms with Gasteiger partial charge in [-0.05, 0) is 18.2 Å². The van der Waals surface area contributed by atoms with Crippen LogP contribution < -0.4 is 15.6 Å². The van der Waals surface area contributed by atoms with Crippen molar-refractivity contribution in [2.24, 2.45) is 14.1 Å². The average molecular weight is 515 g/mol. The average Bonchev–Trinajstić information content (AvgIpc) is 3.38. The lowest BCUT2D eigenvalue weighted by Crippen LogP contribution is -2.23. The Kier molecular flexibility index (Phi) is 5.33. The van der Waals surface area contributed by atoms with Crippen molar-refractivity contribution in [1.29, 1.82) is 5.26 Å². The zero-order valence-electron chi connectivity index (χ0n) is 18.5. The summed E-state index contributed by atoms with van der Waals surface area (Å²) in [6.07, 6.45) is 0.419. The van der Waals surface area contributed by atoms with E-state index in [1.54, 1.807) is 25.4 Å². The molecule has 0 saturated carbocycles. The molecule has 1 N–H and O–H groups in total. The van der Waals surface area contributed by atoms with Crippen molar-refractivity contribution in [2.75, 3.05) is 5.32 Å². The van der Waals surface area contributed by atoms with Crippen LogP contribution in [0.15, 0.2) is 47.8 Å². The summed E-state index contributed by atoms with van der Waals surface area (Å²) < 4.78 is 49.4. The highest BCUT2D eigenvalue weighted by atomic mass is 35.5. The van der Waals surface area contributed by atoms with Gasteiger partial charge in [0.05, 0.1) is 23.5 Å². The van der Waals surface area contributed by atoms with E-state index in [2.05, 4.69) is 20.4 Å². The summed E-state index contributed by atoms with van der Waals surface area (Å²) in [4.78, 5) is 20.9. The maximum Gasteiger partial charge on any atom is 0.417 e. The summed E-state index contributed by atoms with van der Waals surface area (Å²) in [5, 5.41) is 16.0. The normalized spacial score (nSPS) is 11.7. The van der Waals surface area contributed by atoms with E-state index in [0.717, 1.165) is 4.57 Å². The SMILES string of the molecule is Cn1cc(C(F)(F)F)cc(Nc2nc3ncc(Oc4cnn5cc(C#N)ccc45)c(Cl)c3n2C)c1=O. The number of ether oxygens (including phenoxy) is 1. The van der Waals surface area contributed by atoms with Crippen LogP contribution in [0.25, 0.3) is 16.7 Å². The number of aromatic nitrogens is 6. The summed E-state index contributed by atoms with van der Waals surface area (Å²) in [5.41, 5.74) is -0.481. The molecule has 14 heteroatoms. The highest BCUT2D eigenvalue weighted by Gasteiger charge is 2.32. The molecule has 0 aliphatic heterocycles. The zero-order valence-corrected chi connectivity index (χ0v) is 19.3. The van der Waals surface area contributed by atoms with Crippen molar-refractivity contribution in [3.05, 3.63) is 69.5 Å². The van der Waals surface area contributed by atoms with E-state index < -0.39 is 17.3 Å². The van der Waals surface area contributed by atoms with Gasteiger partial charge in [0.2, 0.25) is 5.95 Å². The van der Waals surface area contributed by atoms with Gasteiger partial charge in [0.15, 0.2) is 17.1 Å². The quantitative estimate of drug-likeness (QED) is 0.378. The number of fused-ring (bicyclic) bond motifs is 2. The van der Waals surface area contributed by atoms with Crippen molar-refractivity contribution < 1.29 is 17.9 Å². The van der Waals surface area contributed by atoms with Crippen LogP contribution in [0.3, 0.4) is 0 Å². The molecule has 0 aliphatic carbocycles. The number of nitriles is 1. The number of hydrogen-bond donors (Lipinski definition) is 1. The smallest absolute Gasteiger partial charge is 0.417 e. The largest absolute Gasteiger partial charge is 0.450 e. The molecule has 5 rings (SSSR count). The molecule has 0 radical (unpaired) electrons. The topological polar surface area (TPSA) is 115 Å². The predicted molar refractivity (Wildman–Crippen MR) is 123 cm³/mol. The standard InChI is InChI=1S/C22H14ClF3N8O2/c1-32-10-12(22(24,25)26)5-13(20(32)35)30-21-31-19-18(33(21)2)17(23)16(7-28-19)36-15-8-29-34-9-11(6-27)3-4-14(15)34/h3-5,7-10H,1-2H3,(H,28,30,31). The number of imidazole rings is 1. The fourth-order valence-electron chi connectivity index (χ4n) is 3.60. The van der Waals surface area contributed by atoms with Crippen molar-refractivity contribution in [1.82, 2.24) is 28.7 Å². The van der Waals surface area contributed by atoms with Gasteiger partial charge in [-0.25, -0.2) is 9.50 Å². The summed E-state index contributed by atoms with van der Waals surface area (Å²) >= 11 is 6.58. The van der Waals surface area contributed by atoms with Gasteiger partial charge in [-0.3, -0.25) is 4.79 Å². The summed E-state index contributed by atoms with van der Waals surface area (Å²) in [5.74, 6) is 0.580. The highest BCUT2D eigenvalue weighted by molar-refractivity contribution is 6.36. The minimum Gasteiger partial charge on any atom is -0.450 e. The number of nitrogens with one attached hydrogen (secondary N) is 1. The van der Waals surface area contributed by atoms with Gasteiger partial charge in [0, 0.05) is 26.5 Å². The lowest BCUT2D eigenvalue weighted by Gasteiger charge is -2.12. The van der Waals surface area contributed by atoms with E-state index in [4.69, 9.17) is 21.6 Å². The van der Waals surface area contributed by atoms with Gasteiger partial charge in [-0.2, -0.15) is 28.5 Å². The molecule has 5 heterocycles. The van der Waals surface area contributed by atoms with E-state index in [1.807, 2.05) is 6.07 Å². The van der Waals surface area contributed by atoms with Gasteiger partial charge >= 0.3 is 6.18 Å². The Labute approximate surface area is 204 Å². The van der Waals surface area contributed by atoms with Crippen molar-refractivity contribution in [3.63, 3.8) is 0 Å². The fraction of sp³-hybridized carbons (Fsp3) is 0.136. The predicted octanol–water partition coefficient (Wildman–Crippen LogP) is 4.39. The van der Waals surface area contributed by atoms with Crippen molar-refractivity contribution in [2.45, 2.75) is 6.18 Å². The Morgan fingerprint density at radius 2 is 1.94 bits per heavy atom. The first-order valence-electron chi connectivity index (χ1n) is 10.2. The first-order valence-corrected chi connectivity index (χ1v) is 10.6. The Morgan fingerprint density at radius 1 is 1.17 bits per heavy atom. The van der Waals surface area contributed by atoms with E-state index in [-0.39, 0.29) is 28.1 Å². The molecule has 0 amide bonds. The molecule has 0 unspecified atom stereocenters. The van der Waals surface area contributed by atoms with Crippen LogP contribution in [0.2, 0.25) is 5.02 Å². The highest BCUT2D eigenvalue weighted by Crippen LogP contribution is 2.37. The van der Waals surface area contributed by atoms with E-state index in [0.29, 0.717) is 34.6 Å². The molecule has 5 aromatic rings. The van der Waals surface area contributed by atoms with Crippen LogP contribution in [0.5, 0.6) is 11.5 Å². The number of rotatable bonds is 4. The van der Waals surface area contributed by atoms with Gasteiger partial charge in [0.1, 0.15) is 27.8 Å². The lowest BCUT2D eigenvalue weighted by atomic mass is 10.2. The molecule has 36 heavy (non-hydrogen) atoms. The van der Waals surface area contributed by atoms with Gasteiger partial charge in [0.25, 0.3) is 5.56 Å². The van der Waals surface area contributed by atoms with Crippen LogP contribution in [0, 0.1) is 11.3 Å². The van der Waals surface area contributed by atoms with Crippen LogP contribution in [-0.4, -0.2) is 28.7 Å². The number of pyridine rings is 3. The first-order chi connectivity index (χ1) is 17.1. The molecule has 0 saturated heterocycles. The fourth-order valence-corrected chi connectivity index (χ4v) is 3.90. The first kappa shape index (κ1) is 23.2. The maximum absolute atomic E-state index is 13.2. The van der Waals surface area contributed by atoms with Crippen LogP contribution in [0.4, 0.5) is 24.8 Å². The summed E-state index contributed by atoms with van der Waals surface area (Å²) in [7, 11) is 2.78. The molecular weight excluding hydrogens is 501 g/mol. The number of hydrogen-bond acceptors (Lipinski definition) is 7. The molecular formula is C22H14ClF3N8O2. The van der Waals surface area contributed by atoms with Gasteiger partial charge in [-0.1, -0.05) is 11.6 Å². The van der Waals surface area contributed by atoms with Crippen LogP contribution in [-0.2, 0) is 20.3 Å².